The van der Waals surface area contributed by atoms with Crippen LogP contribution in [0.1, 0.15) is 24.0 Å². The molecule has 1 heterocycles. The van der Waals surface area contributed by atoms with Crippen molar-refractivity contribution in [2.24, 2.45) is 5.92 Å². The minimum Gasteiger partial charge on any atom is -0.299 e. The van der Waals surface area contributed by atoms with Crippen LogP contribution in [0.4, 0.5) is 0 Å². The van der Waals surface area contributed by atoms with Gasteiger partial charge in [0.1, 0.15) is 0 Å². The van der Waals surface area contributed by atoms with Crippen molar-refractivity contribution in [1.82, 2.24) is 10.4 Å². The van der Waals surface area contributed by atoms with Crippen LogP contribution in [0.15, 0.2) is 24.3 Å². The minimum atomic E-state index is -0.245. The second-order valence-corrected chi connectivity index (χ2v) is 5.01. The molecule has 0 atom stereocenters. The molecule has 1 amide bonds. The third kappa shape index (κ3) is 3.31. The number of benzene rings is 1. The largest absolute Gasteiger partial charge is 0.299 e. The van der Waals surface area contributed by atoms with Gasteiger partial charge in [-0.15, -0.1) is 0 Å². The highest BCUT2D eigenvalue weighted by atomic mass is 16.5. The van der Waals surface area contributed by atoms with Gasteiger partial charge in [-0.25, -0.2) is 5.48 Å². The number of likely N-dealkylation sites (tertiary alicyclic amines) is 1. The molecule has 1 saturated heterocycles. The van der Waals surface area contributed by atoms with Crippen LogP contribution in [0.2, 0.25) is 0 Å². The minimum absolute atomic E-state index is 0.0377. The molecule has 4 nitrogen and oxygen atoms in total. The molecule has 1 aromatic carbocycles. The first-order valence-electron chi connectivity index (χ1n) is 6.41. The van der Waals surface area contributed by atoms with Crippen LogP contribution < -0.4 is 5.48 Å². The van der Waals surface area contributed by atoms with E-state index in [2.05, 4.69) is 36.1 Å². The van der Waals surface area contributed by atoms with Crippen molar-refractivity contribution in [2.75, 3.05) is 13.1 Å². The lowest BCUT2D eigenvalue weighted by Gasteiger charge is -2.30. The summed E-state index contributed by atoms with van der Waals surface area (Å²) in [6.07, 6.45) is 1.64. The Morgan fingerprint density at radius 3 is 2.50 bits per heavy atom. The SMILES string of the molecule is Cc1ccc(CN2CCC(C(=O)NO)CC2)cc1. The highest BCUT2D eigenvalue weighted by Crippen LogP contribution is 2.19. The first-order chi connectivity index (χ1) is 8.69. The van der Waals surface area contributed by atoms with E-state index in [1.165, 1.54) is 11.1 Å². The van der Waals surface area contributed by atoms with Crippen molar-refractivity contribution in [3.63, 3.8) is 0 Å². The number of hydrogen-bond donors (Lipinski definition) is 2. The van der Waals surface area contributed by atoms with Crippen molar-refractivity contribution in [3.8, 4) is 0 Å². The molecular formula is C14H20N2O2. The number of carbonyl (C=O) groups excluding carboxylic acids is 1. The molecule has 1 aliphatic rings. The molecule has 4 heteroatoms. The highest BCUT2D eigenvalue weighted by molar-refractivity contribution is 5.77. The predicted molar refractivity (Wildman–Crippen MR) is 69.1 cm³/mol. The van der Waals surface area contributed by atoms with Crippen molar-refractivity contribution < 1.29 is 10.0 Å². The summed E-state index contributed by atoms with van der Waals surface area (Å²) in [4.78, 5) is 13.6. The third-order valence-electron chi connectivity index (χ3n) is 3.60. The molecule has 98 valence electrons. The van der Waals surface area contributed by atoms with E-state index in [1.807, 2.05) is 0 Å². The second kappa shape index (κ2) is 5.98. The van der Waals surface area contributed by atoms with E-state index in [0.717, 1.165) is 32.5 Å². The number of piperidine rings is 1. The van der Waals surface area contributed by atoms with Crippen LogP contribution in [0.3, 0.4) is 0 Å². The molecule has 0 bridgehead atoms. The second-order valence-electron chi connectivity index (χ2n) is 5.01. The molecule has 0 saturated carbocycles. The van der Waals surface area contributed by atoms with Gasteiger partial charge >= 0.3 is 0 Å². The first kappa shape index (κ1) is 13.1. The first-order valence-corrected chi connectivity index (χ1v) is 6.41. The van der Waals surface area contributed by atoms with Crippen molar-refractivity contribution >= 4 is 5.91 Å². The molecule has 0 aromatic heterocycles. The van der Waals surface area contributed by atoms with Crippen LogP contribution in [-0.2, 0) is 11.3 Å². The zero-order valence-electron chi connectivity index (χ0n) is 10.7. The fourth-order valence-electron chi connectivity index (χ4n) is 2.40. The molecule has 0 aliphatic carbocycles. The summed E-state index contributed by atoms with van der Waals surface area (Å²) >= 11 is 0. The van der Waals surface area contributed by atoms with E-state index < -0.39 is 0 Å². The average molecular weight is 248 g/mol. The van der Waals surface area contributed by atoms with Gasteiger partial charge < -0.3 is 0 Å². The van der Waals surface area contributed by atoms with Crippen molar-refractivity contribution in [2.45, 2.75) is 26.3 Å². The molecule has 1 fully saturated rings. The summed E-state index contributed by atoms with van der Waals surface area (Å²) < 4.78 is 0. The smallest absolute Gasteiger partial charge is 0.246 e. The van der Waals surface area contributed by atoms with Crippen LogP contribution in [0.5, 0.6) is 0 Å². The lowest BCUT2D eigenvalue weighted by Crippen LogP contribution is -2.39. The molecule has 0 unspecified atom stereocenters. The fourth-order valence-corrected chi connectivity index (χ4v) is 2.40. The zero-order valence-corrected chi connectivity index (χ0v) is 10.7. The lowest BCUT2D eigenvalue weighted by atomic mass is 9.96. The third-order valence-corrected chi connectivity index (χ3v) is 3.60. The van der Waals surface area contributed by atoms with E-state index in [1.54, 1.807) is 5.48 Å². The number of rotatable bonds is 3. The van der Waals surface area contributed by atoms with E-state index in [-0.39, 0.29) is 11.8 Å². The van der Waals surface area contributed by atoms with Crippen LogP contribution in [-0.4, -0.2) is 29.1 Å². The van der Waals surface area contributed by atoms with E-state index in [4.69, 9.17) is 5.21 Å². The Morgan fingerprint density at radius 1 is 1.33 bits per heavy atom. The van der Waals surface area contributed by atoms with Gasteiger partial charge in [0, 0.05) is 12.5 Å². The van der Waals surface area contributed by atoms with Crippen LogP contribution in [0.25, 0.3) is 0 Å². The van der Waals surface area contributed by atoms with E-state index >= 15 is 0 Å². The Balaban J connectivity index is 1.83. The Bertz CT molecular complexity index is 395. The maximum Gasteiger partial charge on any atom is 0.246 e. The van der Waals surface area contributed by atoms with Crippen molar-refractivity contribution in [1.29, 1.82) is 0 Å². The van der Waals surface area contributed by atoms with Gasteiger partial charge in [-0.2, -0.15) is 0 Å². The maximum absolute atomic E-state index is 11.3. The van der Waals surface area contributed by atoms with Crippen LogP contribution >= 0.6 is 0 Å². The zero-order chi connectivity index (χ0) is 13.0. The lowest BCUT2D eigenvalue weighted by molar-refractivity contribution is -0.134. The topological polar surface area (TPSA) is 52.6 Å². The normalized spacial score (nSPS) is 17.7. The Kier molecular flexibility index (Phi) is 4.33. The van der Waals surface area contributed by atoms with Gasteiger partial charge in [-0.3, -0.25) is 14.9 Å². The number of nitrogens with one attached hydrogen (secondary N) is 1. The number of hydrogen-bond acceptors (Lipinski definition) is 3. The van der Waals surface area contributed by atoms with Gasteiger partial charge in [-0.05, 0) is 38.4 Å². The molecule has 0 spiro atoms. The molecule has 2 rings (SSSR count). The molecule has 0 radical (unpaired) electrons. The number of amides is 1. The standard InChI is InChI=1S/C14H20N2O2/c1-11-2-4-12(5-3-11)10-16-8-6-13(7-9-16)14(17)15-18/h2-5,13,18H,6-10H2,1H3,(H,15,17). The van der Waals surface area contributed by atoms with Crippen LogP contribution in [0, 0.1) is 12.8 Å². The molecular weight excluding hydrogens is 228 g/mol. The molecule has 1 aromatic rings. The molecule has 2 N–H and O–H groups in total. The van der Waals surface area contributed by atoms with Crippen molar-refractivity contribution in [3.05, 3.63) is 35.4 Å². The molecule has 18 heavy (non-hydrogen) atoms. The predicted octanol–water partition coefficient (Wildman–Crippen LogP) is 1.71. The van der Waals surface area contributed by atoms with E-state index in [0.29, 0.717) is 0 Å². The van der Waals surface area contributed by atoms with Gasteiger partial charge in [0.15, 0.2) is 0 Å². The summed E-state index contributed by atoms with van der Waals surface area (Å²) in [5.41, 5.74) is 4.33. The Labute approximate surface area is 108 Å². The number of nitrogens with zero attached hydrogens (tertiary/aromatic N) is 1. The monoisotopic (exact) mass is 248 g/mol. The van der Waals surface area contributed by atoms with E-state index in [9.17, 15) is 4.79 Å². The fraction of sp³-hybridized carbons (Fsp3) is 0.500. The van der Waals surface area contributed by atoms with Gasteiger partial charge in [0.2, 0.25) is 5.91 Å². The average Bonchev–Trinajstić information content (AvgIpc) is 2.41. The quantitative estimate of drug-likeness (QED) is 0.632. The molecule has 1 aliphatic heterocycles. The van der Waals surface area contributed by atoms with Gasteiger partial charge in [0.05, 0.1) is 0 Å². The summed E-state index contributed by atoms with van der Waals surface area (Å²) in [6.45, 7) is 4.84. The summed E-state index contributed by atoms with van der Waals surface area (Å²) in [5.74, 6) is -0.283. The number of aryl methyl sites for hydroxylation is 1. The maximum atomic E-state index is 11.3. The number of carbonyl (C=O) groups is 1. The summed E-state index contributed by atoms with van der Waals surface area (Å²) in [7, 11) is 0. The summed E-state index contributed by atoms with van der Waals surface area (Å²) in [5, 5.41) is 8.60. The van der Waals surface area contributed by atoms with Gasteiger partial charge in [0.25, 0.3) is 0 Å². The Morgan fingerprint density at radius 2 is 1.94 bits per heavy atom. The van der Waals surface area contributed by atoms with Gasteiger partial charge in [-0.1, -0.05) is 29.8 Å². The highest BCUT2D eigenvalue weighted by Gasteiger charge is 2.24. The summed E-state index contributed by atoms with van der Waals surface area (Å²) in [6, 6.07) is 8.56. The Hall–Kier alpha value is -1.39. The number of hydroxylamine groups is 1.